The van der Waals surface area contributed by atoms with E-state index in [0.717, 1.165) is 26.2 Å². The third-order valence-electron chi connectivity index (χ3n) is 6.15. The van der Waals surface area contributed by atoms with E-state index in [4.69, 9.17) is 0 Å². The zero-order valence-electron chi connectivity index (χ0n) is 19.3. The van der Waals surface area contributed by atoms with Gasteiger partial charge >= 0.3 is 0 Å². The van der Waals surface area contributed by atoms with E-state index >= 15 is 0 Å². The summed E-state index contributed by atoms with van der Waals surface area (Å²) in [4.78, 5) is 3.83. The topological polar surface area (TPSA) is 6.48 Å². The third kappa shape index (κ3) is 6.13. The van der Waals surface area contributed by atoms with Crippen LogP contribution in [-0.4, -0.2) is 35.4 Å². The Hall–Kier alpha value is -2.33. The van der Waals surface area contributed by atoms with Crippen LogP contribution >= 0.6 is 11.9 Å². The Morgan fingerprint density at radius 1 is 0.625 bits per heavy atom. The lowest BCUT2D eigenvalue weighted by molar-refractivity contribution is 0.291. The lowest BCUT2D eigenvalue weighted by Gasteiger charge is -2.23. The standard InChI is InChI=1S/C29H34N2S/c1-3-30(4-2)19-9-10-20-31(23-24-15-16-25-11-5-7-13-27(25)21-24)32-29-18-17-26-12-6-8-14-28(26)22-29/h5-8,11-18,21-22H,3-4,9-10,19-20,23H2,1-2H3. The predicted molar refractivity (Wildman–Crippen MR) is 141 cm³/mol. The van der Waals surface area contributed by atoms with Crippen molar-refractivity contribution in [1.29, 1.82) is 0 Å². The highest BCUT2D eigenvalue weighted by Gasteiger charge is 2.10. The van der Waals surface area contributed by atoms with Gasteiger partial charge in [-0.2, -0.15) is 0 Å². The lowest BCUT2D eigenvalue weighted by atomic mass is 10.1. The third-order valence-corrected chi connectivity index (χ3v) is 7.19. The zero-order valence-corrected chi connectivity index (χ0v) is 20.2. The molecule has 32 heavy (non-hydrogen) atoms. The van der Waals surface area contributed by atoms with Gasteiger partial charge in [-0.1, -0.05) is 80.6 Å². The van der Waals surface area contributed by atoms with Crippen LogP contribution < -0.4 is 0 Å². The summed E-state index contributed by atoms with van der Waals surface area (Å²) in [6, 6.07) is 31.0. The summed E-state index contributed by atoms with van der Waals surface area (Å²) >= 11 is 1.89. The summed E-state index contributed by atoms with van der Waals surface area (Å²) in [5, 5.41) is 5.24. The molecule has 0 aliphatic heterocycles. The van der Waals surface area contributed by atoms with E-state index in [1.54, 1.807) is 0 Å². The Kier molecular flexibility index (Phi) is 8.22. The average molecular weight is 443 g/mol. The maximum atomic E-state index is 2.54. The molecule has 0 atom stereocenters. The molecule has 0 bridgehead atoms. The van der Waals surface area contributed by atoms with E-state index in [1.807, 2.05) is 11.9 Å². The van der Waals surface area contributed by atoms with Crippen LogP contribution in [0.2, 0.25) is 0 Å². The number of hydrogen-bond donors (Lipinski definition) is 0. The van der Waals surface area contributed by atoms with Gasteiger partial charge in [-0.25, -0.2) is 4.31 Å². The first kappa shape index (κ1) is 22.8. The molecule has 0 radical (unpaired) electrons. The summed E-state index contributed by atoms with van der Waals surface area (Å²) in [5.74, 6) is 0. The van der Waals surface area contributed by atoms with Crippen LogP contribution in [0.25, 0.3) is 21.5 Å². The van der Waals surface area contributed by atoms with Gasteiger partial charge in [-0.15, -0.1) is 0 Å². The fourth-order valence-electron chi connectivity index (χ4n) is 4.23. The van der Waals surface area contributed by atoms with Gasteiger partial charge in [0.2, 0.25) is 0 Å². The minimum Gasteiger partial charge on any atom is -0.304 e. The van der Waals surface area contributed by atoms with Gasteiger partial charge in [-0.3, -0.25) is 0 Å². The number of fused-ring (bicyclic) bond motifs is 2. The second-order valence-corrected chi connectivity index (χ2v) is 9.55. The van der Waals surface area contributed by atoms with Crippen molar-refractivity contribution in [2.45, 2.75) is 38.1 Å². The van der Waals surface area contributed by atoms with Crippen LogP contribution in [0, 0.1) is 0 Å². The molecule has 0 aromatic heterocycles. The van der Waals surface area contributed by atoms with Crippen molar-refractivity contribution in [1.82, 2.24) is 9.21 Å². The van der Waals surface area contributed by atoms with E-state index in [1.165, 1.54) is 51.4 Å². The molecule has 0 aliphatic carbocycles. The summed E-state index contributed by atoms with van der Waals surface area (Å²) < 4.78 is 2.54. The van der Waals surface area contributed by atoms with E-state index in [2.05, 4.69) is 108 Å². The molecule has 2 nitrogen and oxygen atoms in total. The first-order valence-electron chi connectivity index (χ1n) is 11.9. The number of benzene rings is 4. The minimum atomic E-state index is 0.952. The van der Waals surface area contributed by atoms with Gasteiger partial charge < -0.3 is 4.90 Å². The molecule has 4 aromatic carbocycles. The van der Waals surface area contributed by atoms with Crippen LogP contribution in [0.3, 0.4) is 0 Å². The molecule has 0 saturated carbocycles. The SMILES string of the molecule is CCN(CC)CCCCN(Cc1ccc2ccccc2c1)Sc1ccc2ccccc2c1. The van der Waals surface area contributed by atoms with Crippen LogP contribution in [0.4, 0.5) is 0 Å². The molecule has 166 valence electrons. The Labute approximate surface area is 197 Å². The molecule has 0 amide bonds. The fraction of sp³-hybridized carbons (Fsp3) is 0.310. The quantitative estimate of drug-likeness (QED) is 0.174. The van der Waals surface area contributed by atoms with Gasteiger partial charge in [0, 0.05) is 18.0 Å². The van der Waals surface area contributed by atoms with Crippen LogP contribution in [-0.2, 0) is 6.54 Å². The normalized spacial score (nSPS) is 11.8. The minimum absolute atomic E-state index is 0.952. The molecule has 4 rings (SSSR count). The molecule has 0 fully saturated rings. The summed E-state index contributed by atoms with van der Waals surface area (Å²) in [6.07, 6.45) is 2.46. The van der Waals surface area contributed by atoms with E-state index in [0.29, 0.717) is 0 Å². The van der Waals surface area contributed by atoms with Gasteiger partial charge in [-0.05, 0) is 89.7 Å². The molecular formula is C29H34N2S. The molecule has 4 aromatic rings. The second kappa shape index (κ2) is 11.5. The largest absolute Gasteiger partial charge is 0.304 e. The van der Waals surface area contributed by atoms with Crippen molar-refractivity contribution in [2.24, 2.45) is 0 Å². The van der Waals surface area contributed by atoms with E-state index in [9.17, 15) is 0 Å². The predicted octanol–water partition coefficient (Wildman–Crippen LogP) is 7.62. The summed E-state index contributed by atoms with van der Waals surface area (Å²) in [6.45, 7) is 10.0. The van der Waals surface area contributed by atoms with Crippen molar-refractivity contribution in [3.05, 3.63) is 90.5 Å². The van der Waals surface area contributed by atoms with Gasteiger partial charge in [0.05, 0.1) is 0 Å². The molecule has 0 spiro atoms. The van der Waals surface area contributed by atoms with Gasteiger partial charge in [0.1, 0.15) is 0 Å². The van der Waals surface area contributed by atoms with Crippen molar-refractivity contribution in [3.63, 3.8) is 0 Å². The van der Waals surface area contributed by atoms with Crippen LogP contribution in [0.1, 0.15) is 32.3 Å². The Bertz CT molecular complexity index is 1050. The number of nitrogens with zero attached hydrogens (tertiary/aromatic N) is 2. The first-order chi connectivity index (χ1) is 15.7. The molecular weight excluding hydrogens is 408 g/mol. The van der Waals surface area contributed by atoms with Crippen molar-refractivity contribution in [3.8, 4) is 0 Å². The second-order valence-electron chi connectivity index (χ2n) is 8.38. The van der Waals surface area contributed by atoms with Crippen molar-refractivity contribution >= 4 is 33.5 Å². The van der Waals surface area contributed by atoms with Crippen molar-refractivity contribution in [2.75, 3.05) is 26.2 Å². The summed E-state index contributed by atoms with van der Waals surface area (Å²) in [7, 11) is 0. The highest BCUT2D eigenvalue weighted by molar-refractivity contribution is 7.97. The van der Waals surface area contributed by atoms with Gasteiger partial charge in [0.25, 0.3) is 0 Å². The highest BCUT2D eigenvalue weighted by atomic mass is 32.2. The Balaban J connectivity index is 1.48. The van der Waals surface area contributed by atoms with E-state index < -0.39 is 0 Å². The number of unbranched alkanes of at least 4 members (excludes halogenated alkanes) is 1. The average Bonchev–Trinajstić information content (AvgIpc) is 2.84. The van der Waals surface area contributed by atoms with Gasteiger partial charge in [0.15, 0.2) is 0 Å². The fourth-order valence-corrected chi connectivity index (χ4v) is 5.28. The smallest absolute Gasteiger partial charge is 0.0344 e. The summed E-state index contributed by atoms with van der Waals surface area (Å²) in [5.41, 5.74) is 1.38. The van der Waals surface area contributed by atoms with Crippen molar-refractivity contribution < 1.29 is 0 Å². The van der Waals surface area contributed by atoms with Crippen LogP contribution in [0.5, 0.6) is 0 Å². The molecule has 0 aliphatic rings. The molecule has 0 N–H and O–H groups in total. The zero-order chi connectivity index (χ0) is 22.2. The number of rotatable bonds is 11. The highest BCUT2D eigenvalue weighted by Crippen LogP contribution is 2.29. The monoisotopic (exact) mass is 442 g/mol. The maximum Gasteiger partial charge on any atom is 0.0344 e. The lowest BCUT2D eigenvalue weighted by Crippen LogP contribution is -2.25. The Morgan fingerprint density at radius 3 is 1.91 bits per heavy atom. The Morgan fingerprint density at radius 2 is 1.22 bits per heavy atom. The number of hydrogen-bond acceptors (Lipinski definition) is 3. The van der Waals surface area contributed by atoms with E-state index in [-0.39, 0.29) is 0 Å². The molecule has 0 saturated heterocycles. The maximum absolute atomic E-state index is 2.54. The molecule has 3 heteroatoms. The molecule has 0 heterocycles. The molecule has 0 unspecified atom stereocenters. The first-order valence-corrected chi connectivity index (χ1v) is 12.6. The van der Waals surface area contributed by atoms with Crippen LogP contribution in [0.15, 0.2) is 89.8 Å².